The monoisotopic (exact) mass is 347 g/mol. The van der Waals surface area contributed by atoms with Gasteiger partial charge in [0.1, 0.15) is 4.83 Å². The van der Waals surface area contributed by atoms with Crippen molar-refractivity contribution < 1.29 is 4.79 Å². The third-order valence-corrected chi connectivity index (χ3v) is 6.35. The molecule has 5 nitrogen and oxygen atoms in total. The Morgan fingerprint density at radius 3 is 2.75 bits per heavy atom. The Morgan fingerprint density at radius 1 is 1.33 bits per heavy atom. The van der Waals surface area contributed by atoms with Crippen LogP contribution < -0.4 is 5.56 Å². The normalized spacial score (nSPS) is 15.8. The Kier molecular flexibility index (Phi) is 5.04. The van der Waals surface area contributed by atoms with E-state index in [4.69, 9.17) is 0 Å². The fourth-order valence-electron chi connectivity index (χ4n) is 3.49. The second-order valence-corrected chi connectivity index (χ2v) is 7.96. The maximum atomic E-state index is 12.7. The number of carbonyl (C=O) groups excluding carboxylic acids is 1. The number of aromatic nitrogens is 2. The van der Waals surface area contributed by atoms with Crippen molar-refractivity contribution in [3.05, 3.63) is 27.1 Å². The highest BCUT2D eigenvalue weighted by Gasteiger charge is 2.22. The number of nitrogens with zero attached hydrogens (tertiary/aromatic N) is 3. The lowest BCUT2D eigenvalue weighted by Gasteiger charge is -2.31. The van der Waals surface area contributed by atoms with Crippen LogP contribution >= 0.6 is 11.3 Å². The van der Waals surface area contributed by atoms with Crippen LogP contribution in [-0.2, 0) is 11.3 Å². The molecule has 0 aromatic carbocycles. The van der Waals surface area contributed by atoms with Crippen LogP contribution in [0.2, 0.25) is 0 Å². The lowest BCUT2D eigenvalue weighted by Crippen LogP contribution is -2.39. The molecule has 0 atom stereocenters. The Balaban J connectivity index is 1.71. The number of aryl methyl sites for hydroxylation is 3. The Hall–Kier alpha value is -1.69. The highest BCUT2D eigenvalue weighted by Crippen LogP contribution is 2.25. The summed E-state index contributed by atoms with van der Waals surface area (Å²) in [5.41, 5.74) is 0.975. The van der Waals surface area contributed by atoms with E-state index in [1.165, 1.54) is 19.3 Å². The zero-order chi connectivity index (χ0) is 17.3. The molecular formula is C18H25N3O2S. The van der Waals surface area contributed by atoms with Gasteiger partial charge in [0, 0.05) is 30.9 Å². The van der Waals surface area contributed by atoms with E-state index in [2.05, 4.69) is 4.98 Å². The predicted molar refractivity (Wildman–Crippen MR) is 97.6 cm³/mol. The van der Waals surface area contributed by atoms with Gasteiger partial charge in [0.15, 0.2) is 0 Å². The van der Waals surface area contributed by atoms with Crippen LogP contribution in [0.3, 0.4) is 0 Å². The molecule has 0 unspecified atom stereocenters. The zero-order valence-electron chi connectivity index (χ0n) is 14.7. The SMILES string of the molecule is Cc1sc2ncn(CCC(=O)N(C)C3CCCCC3)c(=O)c2c1C. The van der Waals surface area contributed by atoms with Crippen molar-refractivity contribution in [2.24, 2.45) is 0 Å². The molecule has 1 aliphatic carbocycles. The maximum Gasteiger partial charge on any atom is 0.262 e. The molecule has 3 rings (SSSR count). The minimum absolute atomic E-state index is 0.0324. The first kappa shape index (κ1) is 17.1. The average molecular weight is 347 g/mol. The van der Waals surface area contributed by atoms with Crippen molar-refractivity contribution >= 4 is 27.5 Å². The quantitative estimate of drug-likeness (QED) is 0.853. The van der Waals surface area contributed by atoms with Crippen LogP contribution in [-0.4, -0.2) is 33.4 Å². The summed E-state index contributed by atoms with van der Waals surface area (Å²) in [7, 11) is 1.90. The number of fused-ring (bicyclic) bond motifs is 1. The third-order valence-electron chi connectivity index (χ3n) is 5.24. The summed E-state index contributed by atoms with van der Waals surface area (Å²) >= 11 is 1.55. The maximum absolute atomic E-state index is 12.7. The molecule has 0 bridgehead atoms. The molecule has 6 heteroatoms. The number of hydrogen-bond donors (Lipinski definition) is 0. The van der Waals surface area contributed by atoms with E-state index in [0.717, 1.165) is 28.1 Å². The van der Waals surface area contributed by atoms with Crippen LogP contribution in [0.15, 0.2) is 11.1 Å². The molecule has 0 aliphatic heterocycles. The summed E-state index contributed by atoms with van der Waals surface area (Å²) in [6.45, 7) is 4.36. The van der Waals surface area contributed by atoms with E-state index in [1.807, 2.05) is 25.8 Å². The van der Waals surface area contributed by atoms with Crippen molar-refractivity contribution in [3.63, 3.8) is 0 Å². The molecule has 130 valence electrons. The van der Waals surface area contributed by atoms with Gasteiger partial charge in [0.2, 0.25) is 5.91 Å². The summed E-state index contributed by atoms with van der Waals surface area (Å²) in [6.07, 6.45) is 7.82. The topological polar surface area (TPSA) is 55.2 Å². The average Bonchev–Trinajstić information content (AvgIpc) is 2.89. The van der Waals surface area contributed by atoms with Crippen LogP contribution in [0.5, 0.6) is 0 Å². The van der Waals surface area contributed by atoms with Gasteiger partial charge >= 0.3 is 0 Å². The molecule has 2 heterocycles. The molecule has 0 radical (unpaired) electrons. The Morgan fingerprint density at radius 2 is 2.04 bits per heavy atom. The molecule has 2 aromatic rings. The third kappa shape index (κ3) is 3.24. The van der Waals surface area contributed by atoms with Gasteiger partial charge in [-0.3, -0.25) is 14.2 Å². The van der Waals surface area contributed by atoms with Crippen molar-refractivity contribution in [2.75, 3.05) is 7.05 Å². The first-order chi connectivity index (χ1) is 11.5. The van der Waals surface area contributed by atoms with Gasteiger partial charge in [-0.25, -0.2) is 4.98 Å². The van der Waals surface area contributed by atoms with Gasteiger partial charge in [-0.05, 0) is 32.3 Å². The van der Waals surface area contributed by atoms with Gasteiger partial charge < -0.3 is 4.90 Å². The van der Waals surface area contributed by atoms with Gasteiger partial charge in [0.25, 0.3) is 5.56 Å². The minimum Gasteiger partial charge on any atom is -0.343 e. The molecule has 0 N–H and O–H groups in total. The molecular weight excluding hydrogens is 322 g/mol. The fraction of sp³-hybridized carbons (Fsp3) is 0.611. The van der Waals surface area contributed by atoms with E-state index < -0.39 is 0 Å². The first-order valence-electron chi connectivity index (χ1n) is 8.70. The molecule has 2 aromatic heterocycles. The van der Waals surface area contributed by atoms with Crippen molar-refractivity contribution in [1.29, 1.82) is 0 Å². The molecule has 0 saturated heterocycles. The van der Waals surface area contributed by atoms with Crippen molar-refractivity contribution in [3.8, 4) is 0 Å². The predicted octanol–water partition coefficient (Wildman–Crippen LogP) is 3.26. The second kappa shape index (κ2) is 7.05. The number of rotatable bonds is 4. The summed E-state index contributed by atoms with van der Waals surface area (Å²) < 4.78 is 1.58. The van der Waals surface area contributed by atoms with Crippen LogP contribution in [0.1, 0.15) is 49.0 Å². The van der Waals surface area contributed by atoms with E-state index in [9.17, 15) is 9.59 Å². The lowest BCUT2D eigenvalue weighted by atomic mass is 9.94. The highest BCUT2D eigenvalue weighted by molar-refractivity contribution is 7.18. The molecule has 1 fully saturated rings. The second-order valence-electron chi connectivity index (χ2n) is 6.75. The number of amides is 1. The van der Waals surface area contributed by atoms with Gasteiger partial charge in [-0.1, -0.05) is 19.3 Å². The number of hydrogen-bond acceptors (Lipinski definition) is 4. The summed E-state index contributed by atoms with van der Waals surface area (Å²) in [5, 5.41) is 0.702. The van der Waals surface area contributed by atoms with Crippen LogP contribution in [0.25, 0.3) is 10.2 Å². The van der Waals surface area contributed by atoms with Crippen molar-refractivity contribution in [2.45, 2.75) is 65.0 Å². The molecule has 24 heavy (non-hydrogen) atoms. The number of thiophene rings is 1. The van der Waals surface area contributed by atoms with E-state index in [0.29, 0.717) is 24.4 Å². The first-order valence-corrected chi connectivity index (χ1v) is 9.51. The molecule has 0 spiro atoms. The standard InChI is InChI=1S/C18H25N3O2S/c1-12-13(2)24-17-16(12)18(23)21(11-19-17)10-9-15(22)20(3)14-7-5-4-6-8-14/h11,14H,4-10H2,1-3H3. The number of carbonyl (C=O) groups is 1. The molecule has 1 amide bonds. The minimum atomic E-state index is -0.0324. The summed E-state index contributed by atoms with van der Waals surface area (Å²) in [5.74, 6) is 0.118. The highest BCUT2D eigenvalue weighted by atomic mass is 32.1. The van der Waals surface area contributed by atoms with E-state index in [1.54, 1.807) is 22.2 Å². The smallest absolute Gasteiger partial charge is 0.262 e. The van der Waals surface area contributed by atoms with Gasteiger partial charge in [0.05, 0.1) is 11.7 Å². The van der Waals surface area contributed by atoms with Crippen molar-refractivity contribution in [1.82, 2.24) is 14.5 Å². The summed E-state index contributed by atoms with van der Waals surface area (Å²) in [4.78, 5) is 33.3. The molecule has 1 saturated carbocycles. The Labute approximate surface area is 146 Å². The summed E-state index contributed by atoms with van der Waals surface area (Å²) in [6, 6.07) is 0.366. The Bertz CT molecular complexity index is 802. The lowest BCUT2D eigenvalue weighted by molar-refractivity contribution is -0.132. The van der Waals surface area contributed by atoms with E-state index >= 15 is 0 Å². The van der Waals surface area contributed by atoms with Gasteiger partial charge in [-0.15, -0.1) is 11.3 Å². The largest absolute Gasteiger partial charge is 0.343 e. The molecule has 1 aliphatic rings. The van der Waals surface area contributed by atoms with Gasteiger partial charge in [-0.2, -0.15) is 0 Å². The zero-order valence-corrected chi connectivity index (χ0v) is 15.5. The van der Waals surface area contributed by atoms with E-state index in [-0.39, 0.29) is 11.5 Å². The fourth-order valence-corrected chi connectivity index (χ4v) is 4.48. The van der Waals surface area contributed by atoms with Crippen LogP contribution in [0.4, 0.5) is 0 Å². The van der Waals surface area contributed by atoms with Crippen LogP contribution in [0, 0.1) is 13.8 Å².